The Bertz CT molecular complexity index is 391. The summed E-state index contributed by atoms with van der Waals surface area (Å²) in [5.41, 5.74) is 11.5. The average Bonchev–Trinajstić information content (AvgIpc) is 2.28. The van der Waals surface area contributed by atoms with Gasteiger partial charge in [0.25, 0.3) is 0 Å². The molecule has 0 aliphatic carbocycles. The standard InChI is InChI=1S/C11H19N5O/c1-7(2)5-15-10(17)6-14-9-4-3-8(12)11(13)16-9/h3-4,7H,5-6,12H2,1-2H3,(H,15,17)(H3,13,14,16). The van der Waals surface area contributed by atoms with E-state index in [1.807, 2.05) is 13.8 Å². The predicted molar refractivity (Wildman–Crippen MR) is 69.4 cm³/mol. The van der Waals surface area contributed by atoms with Crippen molar-refractivity contribution in [3.8, 4) is 0 Å². The van der Waals surface area contributed by atoms with Crippen LogP contribution in [-0.4, -0.2) is 24.0 Å². The van der Waals surface area contributed by atoms with Crippen molar-refractivity contribution < 1.29 is 4.79 Å². The number of pyridine rings is 1. The molecule has 0 aliphatic heterocycles. The van der Waals surface area contributed by atoms with E-state index in [0.717, 1.165) is 0 Å². The number of anilines is 3. The van der Waals surface area contributed by atoms with Crippen molar-refractivity contribution in [2.24, 2.45) is 5.92 Å². The van der Waals surface area contributed by atoms with E-state index in [1.165, 1.54) is 0 Å². The second-order valence-corrected chi connectivity index (χ2v) is 4.22. The molecule has 0 aliphatic rings. The molecule has 6 nitrogen and oxygen atoms in total. The molecule has 0 bridgehead atoms. The Morgan fingerprint density at radius 1 is 1.41 bits per heavy atom. The first-order valence-corrected chi connectivity index (χ1v) is 5.51. The molecular weight excluding hydrogens is 218 g/mol. The number of amides is 1. The maximum atomic E-state index is 11.4. The molecule has 1 aromatic heterocycles. The highest BCUT2D eigenvalue weighted by Crippen LogP contribution is 2.13. The van der Waals surface area contributed by atoms with E-state index in [4.69, 9.17) is 11.5 Å². The van der Waals surface area contributed by atoms with Gasteiger partial charge in [-0.25, -0.2) is 4.98 Å². The second-order valence-electron chi connectivity index (χ2n) is 4.22. The third kappa shape index (κ3) is 4.58. The number of hydrogen-bond donors (Lipinski definition) is 4. The molecule has 94 valence electrons. The second kappa shape index (κ2) is 5.93. The van der Waals surface area contributed by atoms with Gasteiger partial charge in [-0.05, 0) is 18.1 Å². The average molecular weight is 237 g/mol. The summed E-state index contributed by atoms with van der Waals surface area (Å²) in [6.07, 6.45) is 0. The highest BCUT2D eigenvalue weighted by Gasteiger charge is 2.03. The highest BCUT2D eigenvalue weighted by molar-refractivity contribution is 5.80. The monoisotopic (exact) mass is 237 g/mol. The molecule has 1 aromatic rings. The van der Waals surface area contributed by atoms with Crippen LogP contribution in [-0.2, 0) is 4.79 Å². The fourth-order valence-corrected chi connectivity index (χ4v) is 1.14. The molecular formula is C11H19N5O. The number of hydrogen-bond acceptors (Lipinski definition) is 5. The van der Waals surface area contributed by atoms with Crippen LogP contribution in [0.3, 0.4) is 0 Å². The van der Waals surface area contributed by atoms with Crippen molar-refractivity contribution >= 4 is 23.2 Å². The van der Waals surface area contributed by atoms with Crippen LogP contribution in [0.1, 0.15) is 13.8 Å². The summed E-state index contributed by atoms with van der Waals surface area (Å²) in [7, 11) is 0. The molecule has 0 fully saturated rings. The summed E-state index contributed by atoms with van der Waals surface area (Å²) in [6.45, 7) is 4.91. The maximum Gasteiger partial charge on any atom is 0.239 e. The zero-order valence-electron chi connectivity index (χ0n) is 10.2. The SMILES string of the molecule is CC(C)CNC(=O)CNc1ccc(N)c(N)n1. The van der Waals surface area contributed by atoms with E-state index in [-0.39, 0.29) is 18.3 Å². The van der Waals surface area contributed by atoms with Gasteiger partial charge in [0, 0.05) is 6.54 Å². The van der Waals surface area contributed by atoms with Crippen LogP contribution in [0, 0.1) is 5.92 Å². The molecule has 0 saturated heterocycles. The summed E-state index contributed by atoms with van der Waals surface area (Å²) in [6, 6.07) is 3.33. The number of aromatic nitrogens is 1. The van der Waals surface area contributed by atoms with Crippen LogP contribution in [0.5, 0.6) is 0 Å². The van der Waals surface area contributed by atoms with Gasteiger partial charge >= 0.3 is 0 Å². The fraction of sp³-hybridized carbons (Fsp3) is 0.455. The van der Waals surface area contributed by atoms with E-state index in [2.05, 4.69) is 15.6 Å². The largest absolute Gasteiger partial charge is 0.396 e. The molecule has 17 heavy (non-hydrogen) atoms. The van der Waals surface area contributed by atoms with Crippen LogP contribution in [0.2, 0.25) is 0 Å². The van der Waals surface area contributed by atoms with Crippen molar-refractivity contribution in [2.45, 2.75) is 13.8 Å². The number of carbonyl (C=O) groups is 1. The van der Waals surface area contributed by atoms with Crippen LogP contribution in [0.4, 0.5) is 17.3 Å². The zero-order chi connectivity index (χ0) is 12.8. The van der Waals surface area contributed by atoms with Gasteiger partial charge in [-0.2, -0.15) is 0 Å². The normalized spacial score (nSPS) is 10.3. The summed E-state index contributed by atoms with van der Waals surface area (Å²) in [5, 5.41) is 5.67. The Kier molecular flexibility index (Phi) is 4.56. The molecule has 1 amide bonds. The number of nitrogens with one attached hydrogen (secondary N) is 2. The minimum Gasteiger partial charge on any atom is -0.396 e. The zero-order valence-corrected chi connectivity index (χ0v) is 10.2. The lowest BCUT2D eigenvalue weighted by Gasteiger charge is -2.09. The van der Waals surface area contributed by atoms with Crippen molar-refractivity contribution in [1.82, 2.24) is 10.3 Å². The number of nitrogens with zero attached hydrogens (tertiary/aromatic N) is 1. The first-order chi connectivity index (χ1) is 7.99. The number of rotatable bonds is 5. The third-order valence-corrected chi connectivity index (χ3v) is 2.09. The minimum atomic E-state index is -0.0732. The lowest BCUT2D eigenvalue weighted by molar-refractivity contribution is -0.119. The van der Waals surface area contributed by atoms with E-state index in [0.29, 0.717) is 24.0 Å². The lowest BCUT2D eigenvalue weighted by Crippen LogP contribution is -2.32. The third-order valence-electron chi connectivity index (χ3n) is 2.09. The summed E-state index contributed by atoms with van der Waals surface area (Å²) in [4.78, 5) is 15.4. The molecule has 1 rings (SSSR count). The van der Waals surface area contributed by atoms with Crippen molar-refractivity contribution in [3.05, 3.63) is 12.1 Å². The van der Waals surface area contributed by atoms with E-state index < -0.39 is 0 Å². The van der Waals surface area contributed by atoms with Gasteiger partial charge in [-0.1, -0.05) is 13.8 Å². The van der Waals surface area contributed by atoms with Gasteiger partial charge < -0.3 is 22.1 Å². The molecule has 1 heterocycles. The summed E-state index contributed by atoms with van der Waals surface area (Å²) in [5.74, 6) is 1.16. The first-order valence-electron chi connectivity index (χ1n) is 5.51. The highest BCUT2D eigenvalue weighted by atomic mass is 16.1. The fourth-order valence-electron chi connectivity index (χ4n) is 1.14. The quantitative estimate of drug-likeness (QED) is 0.594. The molecule has 6 N–H and O–H groups in total. The Morgan fingerprint density at radius 3 is 2.71 bits per heavy atom. The maximum absolute atomic E-state index is 11.4. The van der Waals surface area contributed by atoms with Crippen molar-refractivity contribution in [3.63, 3.8) is 0 Å². The Balaban J connectivity index is 2.39. The topological polar surface area (TPSA) is 106 Å². The van der Waals surface area contributed by atoms with Gasteiger partial charge in [-0.15, -0.1) is 0 Å². The van der Waals surface area contributed by atoms with E-state index in [9.17, 15) is 4.79 Å². The molecule has 0 saturated carbocycles. The van der Waals surface area contributed by atoms with Crippen molar-refractivity contribution in [2.75, 3.05) is 29.9 Å². The van der Waals surface area contributed by atoms with Gasteiger partial charge in [0.05, 0.1) is 12.2 Å². The van der Waals surface area contributed by atoms with Crippen LogP contribution < -0.4 is 22.1 Å². The van der Waals surface area contributed by atoms with Gasteiger partial charge in [0.15, 0.2) is 0 Å². The van der Waals surface area contributed by atoms with Gasteiger partial charge in [0.2, 0.25) is 5.91 Å². The van der Waals surface area contributed by atoms with Crippen LogP contribution in [0.15, 0.2) is 12.1 Å². The molecule has 0 atom stereocenters. The number of carbonyl (C=O) groups excluding carboxylic acids is 1. The summed E-state index contributed by atoms with van der Waals surface area (Å²) < 4.78 is 0. The Labute approximate surface area is 101 Å². The van der Waals surface area contributed by atoms with Crippen LogP contribution in [0.25, 0.3) is 0 Å². The number of nitrogen functional groups attached to an aromatic ring is 2. The molecule has 0 spiro atoms. The molecule has 0 radical (unpaired) electrons. The Hall–Kier alpha value is -1.98. The predicted octanol–water partition coefficient (Wildman–Crippen LogP) is 0.430. The first kappa shape index (κ1) is 13.1. The minimum absolute atomic E-state index is 0.0732. The van der Waals surface area contributed by atoms with E-state index >= 15 is 0 Å². The van der Waals surface area contributed by atoms with Crippen molar-refractivity contribution in [1.29, 1.82) is 0 Å². The summed E-state index contributed by atoms with van der Waals surface area (Å²) >= 11 is 0. The lowest BCUT2D eigenvalue weighted by atomic mass is 10.2. The number of nitrogens with two attached hydrogens (primary N) is 2. The smallest absolute Gasteiger partial charge is 0.239 e. The van der Waals surface area contributed by atoms with Gasteiger partial charge in [0.1, 0.15) is 11.6 Å². The molecule has 0 unspecified atom stereocenters. The van der Waals surface area contributed by atoms with E-state index in [1.54, 1.807) is 12.1 Å². The molecule has 0 aromatic carbocycles. The van der Waals surface area contributed by atoms with Gasteiger partial charge in [-0.3, -0.25) is 4.79 Å². The Morgan fingerprint density at radius 2 is 2.12 bits per heavy atom. The van der Waals surface area contributed by atoms with Crippen LogP contribution >= 0.6 is 0 Å². The molecule has 6 heteroatoms.